The van der Waals surface area contributed by atoms with Crippen LogP contribution in [0.15, 0.2) is 0 Å². The molecular weight excluding hydrogens is 581 g/mol. The van der Waals surface area contributed by atoms with Gasteiger partial charge < -0.3 is 54.8 Å². The van der Waals surface area contributed by atoms with Gasteiger partial charge in [0.25, 0.3) is 0 Å². The van der Waals surface area contributed by atoms with Crippen LogP contribution < -0.4 is 0 Å². The molecule has 1 unspecified atom stereocenters. The van der Waals surface area contributed by atoms with Gasteiger partial charge in [0.05, 0.1) is 25.7 Å². The van der Waals surface area contributed by atoms with E-state index in [0.717, 1.165) is 44.6 Å². The lowest BCUT2D eigenvalue weighted by Crippen LogP contribution is -2.47. The maximum atomic E-state index is 10.1. The van der Waals surface area contributed by atoms with E-state index in [9.17, 15) is 9.90 Å². The molecule has 0 bridgehead atoms. The third-order valence-electron chi connectivity index (χ3n) is 6.13. The summed E-state index contributed by atoms with van der Waals surface area (Å²) in [5, 5.41) is 9.26. The van der Waals surface area contributed by atoms with Gasteiger partial charge in [0.1, 0.15) is 6.10 Å². The number of ether oxygens (including phenoxy) is 2. The number of aliphatic hydroxyl groups is 1. The molecule has 0 aromatic rings. The zero-order valence-electron chi connectivity index (χ0n) is 26.2. The molecule has 1 atom stereocenters. The summed E-state index contributed by atoms with van der Waals surface area (Å²) in [5.74, 6) is 0.743. The zero-order valence-corrected chi connectivity index (χ0v) is 30.2. The Morgan fingerprint density at radius 3 is 1.56 bits per heavy atom. The van der Waals surface area contributed by atoms with Crippen molar-refractivity contribution in [1.82, 2.24) is 0 Å². The summed E-state index contributed by atoms with van der Waals surface area (Å²) in [6.07, 6.45) is 2.91. The topological polar surface area (TPSA) is 133 Å². The number of aliphatic hydroxyl groups excluding tert-OH is 1. The van der Waals surface area contributed by atoms with Crippen LogP contribution in [0.5, 0.6) is 0 Å². The smallest absolute Gasteiger partial charge is 0.398 e. The molecule has 0 aromatic carbocycles. The number of hydrogen-bond acceptors (Lipinski definition) is 12. The summed E-state index contributed by atoms with van der Waals surface area (Å²) in [6.45, 7) is 13.0. The molecule has 0 aromatic heterocycles. The first-order chi connectivity index (χ1) is 18.4. The summed E-state index contributed by atoms with van der Waals surface area (Å²) in [7, 11) is 0.419. The molecule has 0 saturated carbocycles. The fourth-order valence-corrected chi connectivity index (χ4v) is 9.96. The summed E-state index contributed by atoms with van der Waals surface area (Å²) < 4.78 is 53.3. The van der Waals surface area contributed by atoms with E-state index in [1.54, 1.807) is 35.0 Å². The normalized spacial score (nSPS) is 15.6. The second-order valence-electron chi connectivity index (χ2n) is 9.36. The molecule has 0 spiro atoms. The Morgan fingerprint density at radius 1 is 0.795 bits per heavy atom. The maximum Gasteiger partial charge on any atom is 0.402 e. The van der Waals surface area contributed by atoms with Crippen LogP contribution in [0.2, 0.25) is 31.7 Å². The van der Waals surface area contributed by atoms with E-state index < -0.39 is 34.2 Å². The minimum atomic E-state index is -2.43. The van der Waals surface area contributed by atoms with E-state index in [1.807, 2.05) is 6.55 Å². The number of rotatable bonds is 21. The first-order valence-electron chi connectivity index (χ1n) is 13.2. The van der Waals surface area contributed by atoms with Crippen molar-refractivity contribution in [3.05, 3.63) is 0 Å². The third-order valence-corrected chi connectivity index (χ3v) is 16.9. The Kier molecular flexibility index (Phi) is 24.0. The Bertz CT molecular complexity index is 573. The largest absolute Gasteiger partial charge is 0.402 e. The third kappa shape index (κ3) is 19.0. The Labute approximate surface area is 240 Å². The first kappa shape index (κ1) is 41.2. The summed E-state index contributed by atoms with van der Waals surface area (Å²) in [4.78, 5) is 10.1. The van der Waals surface area contributed by atoms with Gasteiger partial charge in [0.2, 0.25) is 0 Å². The molecule has 1 N–H and O–H groups in total. The zero-order chi connectivity index (χ0) is 30.4. The van der Waals surface area contributed by atoms with Crippen LogP contribution in [0, 0.1) is 0 Å². The van der Waals surface area contributed by atoms with E-state index in [4.69, 9.17) is 44.9 Å². The Morgan fingerprint density at radius 2 is 1.28 bits per heavy atom. The van der Waals surface area contributed by atoms with Crippen molar-refractivity contribution < 1.29 is 54.8 Å². The highest BCUT2D eigenvalue weighted by Crippen LogP contribution is 2.22. The predicted octanol–water partition coefficient (Wildman–Crippen LogP) is 2.61. The number of epoxide rings is 1. The number of carbonyl (C=O) groups excluding carboxylic acids is 1. The number of carbonyl (C=O) groups is 1. The molecule has 39 heavy (non-hydrogen) atoms. The first-order valence-corrected chi connectivity index (χ1v) is 22.9. The van der Waals surface area contributed by atoms with Gasteiger partial charge in [-0.25, -0.2) is 0 Å². The van der Waals surface area contributed by atoms with Crippen LogP contribution in [-0.2, 0) is 49.7 Å². The standard InChI is InChI=1S/C11H24O4Si.C8H22O5Si2.C4H10O3Si/c1-4-6-14-16(3,15-7-5-2)10-12-8-11-9-13-11;1-10-14(5,11-2)6-7-15(8-9,12-3)13-4;1-6-8(3,4-5)7-2/h11H,4-10H2,1-3H3;9H,6-8H2,1-5H3;4H,1-3H3. The lowest BCUT2D eigenvalue weighted by Gasteiger charge is -2.29. The van der Waals surface area contributed by atoms with Gasteiger partial charge in [-0.1, -0.05) is 13.8 Å². The van der Waals surface area contributed by atoms with Gasteiger partial charge in [0.15, 0.2) is 5.91 Å². The molecule has 1 saturated heterocycles. The molecule has 0 aliphatic carbocycles. The predicted molar refractivity (Wildman–Crippen MR) is 159 cm³/mol. The Balaban J connectivity index is 0. The molecule has 0 radical (unpaired) electrons. The fraction of sp³-hybridized carbons (Fsp3) is 0.957. The van der Waals surface area contributed by atoms with Crippen molar-refractivity contribution in [2.75, 3.05) is 81.5 Å². The van der Waals surface area contributed by atoms with Gasteiger partial charge in [-0.15, -0.1) is 0 Å². The van der Waals surface area contributed by atoms with E-state index in [1.165, 1.54) is 14.2 Å². The van der Waals surface area contributed by atoms with Crippen LogP contribution in [0.3, 0.4) is 0 Å². The molecule has 1 fully saturated rings. The second kappa shape index (κ2) is 22.7. The van der Waals surface area contributed by atoms with Crippen molar-refractivity contribution in [1.29, 1.82) is 0 Å². The van der Waals surface area contributed by atoms with Crippen LogP contribution in [-0.4, -0.2) is 133 Å². The maximum absolute atomic E-state index is 10.1. The summed E-state index contributed by atoms with van der Waals surface area (Å²) in [5.41, 5.74) is 0. The molecular formula is C23H56O12Si4. The molecule has 12 nitrogen and oxygen atoms in total. The van der Waals surface area contributed by atoms with Gasteiger partial charge >= 0.3 is 34.2 Å². The highest BCUT2D eigenvalue weighted by molar-refractivity contribution is 6.90. The van der Waals surface area contributed by atoms with Crippen molar-refractivity contribution in [2.24, 2.45) is 0 Å². The van der Waals surface area contributed by atoms with E-state index >= 15 is 0 Å². The van der Waals surface area contributed by atoms with E-state index in [-0.39, 0.29) is 6.23 Å². The summed E-state index contributed by atoms with van der Waals surface area (Å²) >= 11 is 0. The van der Waals surface area contributed by atoms with Gasteiger partial charge in [-0.3, -0.25) is 0 Å². The van der Waals surface area contributed by atoms with Gasteiger partial charge in [0, 0.05) is 55.9 Å². The average molecular weight is 637 g/mol. The van der Waals surface area contributed by atoms with Crippen molar-refractivity contribution in [2.45, 2.75) is 64.5 Å². The van der Waals surface area contributed by atoms with Gasteiger partial charge in [-0.05, 0) is 44.6 Å². The second-order valence-corrected chi connectivity index (χ2v) is 22.6. The average Bonchev–Trinajstić information content (AvgIpc) is 3.80. The van der Waals surface area contributed by atoms with Crippen LogP contribution in [0.25, 0.3) is 0 Å². The summed E-state index contributed by atoms with van der Waals surface area (Å²) in [6, 6.07) is 1.44. The molecule has 1 aliphatic rings. The van der Waals surface area contributed by atoms with Crippen molar-refractivity contribution in [3.63, 3.8) is 0 Å². The van der Waals surface area contributed by atoms with Crippen molar-refractivity contribution >= 4 is 40.2 Å². The molecule has 0 amide bonds. The lowest BCUT2D eigenvalue weighted by atomic mass is 10.5. The van der Waals surface area contributed by atoms with E-state index in [2.05, 4.69) is 20.4 Å². The molecule has 16 heteroatoms. The van der Waals surface area contributed by atoms with Crippen LogP contribution in [0.4, 0.5) is 0 Å². The van der Waals surface area contributed by atoms with E-state index in [0.29, 0.717) is 25.0 Å². The molecule has 1 aliphatic heterocycles. The Hall–Kier alpha value is 0.0975. The minimum absolute atomic E-state index is 0.0437. The molecule has 1 heterocycles. The quantitative estimate of drug-likeness (QED) is 0.113. The van der Waals surface area contributed by atoms with Crippen molar-refractivity contribution in [3.8, 4) is 0 Å². The van der Waals surface area contributed by atoms with Crippen LogP contribution in [0.1, 0.15) is 26.7 Å². The SMILES string of the molecule is CCCO[Si](C)(COCC1CO1)OCCC.CO[Si](C)(C=O)OC.CO[Si](C)(CC[Si](CO)(OC)OC)OC. The highest BCUT2D eigenvalue weighted by atomic mass is 28.4. The fourth-order valence-electron chi connectivity index (χ4n) is 2.68. The minimum Gasteiger partial charge on any atom is -0.398 e. The molecule has 1 rings (SSSR count). The number of hydrogen-bond donors (Lipinski definition) is 1. The van der Waals surface area contributed by atoms with Gasteiger partial charge in [-0.2, -0.15) is 0 Å². The lowest BCUT2D eigenvalue weighted by molar-refractivity contribution is 0.0942. The monoisotopic (exact) mass is 636 g/mol. The molecule has 236 valence electrons. The van der Waals surface area contributed by atoms with Crippen LogP contribution >= 0.6 is 0 Å². The highest BCUT2D eigenvalue weighted by Gasteiger charge is 2.40.